The summed E-state index contributed by atoms with van der Waals surface area (Å²) < 4.78 is 0. The van der Waals surface area contributed by atoms with Gasteiger partial charge in [0.25, 0.3) is 0 Å². The molecule has 2 nitrogen and oxygen atoms in total. The molecule has 0 bridgehead atoms. The van der Waals surface area contributed by atoms with Gasteiger partial charge in [0, 0.05) is 0 Å². The van der Waals surface area contributed by atoms with Crippen LogP contribution in [0.3, 0.4) is 0 Å². The summed E-state index contributed by atoms with van der Waals surface area (Å²) >= 11 is 0. The van der Waals surface area contributed by atoms with Gasteiger partial charge in [0.15, 0.2) is 0 Å². The Hall–Kier alpha value is -3.65. The van der Waals surface area contributed by atoms with Gasteiger partial charge in [-0.15, -0.1) is 0 Å². The van der Waals surface area contributed by atoms with Gasteiger partial charge < -0.3 is 4.98 Å². The van der Waals surface area contributed by atoms with Crippen LogP contribution in [-0.2, 0) is 0 Å². The minimum Gasteiger partial charge on any atom is -0.345 e. The highest BCUT2D eigenvalue weighted by atomic mass is 14.9. The number of nitrogens with one attached hydrogen (secondary N) is 1. The molecule has 27 heavy (non-hydrogen) atoms. The zero-order chi connectivity index (χ0) is 18.1. The van der Waals surface area contributed by atoms with Gasteiger partial charge in [0.05, 0.1) is 17.4 Å². The number of imidazole rings is 1. The van der Waals surface area contributed by atoms with Gasteiger partial charge >= 0.3 is 0 Å². The van der Waals surface area contributed by atoms with Crippen molar-refractivity contribution < 1.29 is 0 Å². The molecule has 128 valence electrons. The summed E-state index contributed by atoms with van der Waals surface area (Å²) in [5, 5.41) is 7.96. The average Bonchev–Trinajstić information content (AvgIpc) is 3.23. The zero-order valence-corrected chi connectivity index (χ0v) is 14.8. The van der Waals surface area contributed by atoms with Crippen LogP contribution in [0.4, 0.5) is 0 Å². The average molecular weight is 346 g/mol. The molecule has 6 rings (SSSR count). The number of nitrogens with zero attached hydrogens (tertiary/aromatic N) is 1. The highest BCUT2D eigenvalue weighted by Crippen LogP contribution is 2.30. The molecule has 5 aromatic carbocycles. The third-order valence-electron chi connectivity index (χ3n) is 4.98. The Morgan fingerprint density at radius 3 is 1.67 bits per heavy atom. The van der Waals surface area contributed by atoms with E-state index in [4.69, 9.17) is 0 Å². The van der Waals surface area contributed by atoms with Crippen LogP contribution < -0.4 is 0 Å². The second-order valence-electron chi connectivity index (χ2n) is 6.59. The molecule has 2 heteroatoms. The molecule has 6 aromatic rings. The van der Waals surface area contributed by atoms with Gasteiger partial charge in [-0.1, -0.05) is 84.9 Å². The highest BCUT2D eigenvalue weighted by molar-refractivity contribution is 6.17. The number of hydrogen-bond acceptors (Lipinski definition) is 1. The number of hydrogen-bond donors (Lipinski definition) is 1. The Morgan fingerprint density at radius 1 is 0.481 bits per heavy atom. The monoisotopic (exact) mass is 346 g/mol. The number of benzene rings is 5. The van der Waals surface area contributed by atoms with Crippen molar-refractivity contribution in [1.82, 2.24) is 9.97 Å². The van der Waals surface area contributed by atoms with E-state index in [9.17, 15) is 0 Å². The summed E-state index contributed by atoms with van der Waals surface area (Å²) in [6, 6.07) is 34.0. The third-order valence-corrected chi connectivity index (χ3v) is 4.98. The van der Waals surface area contributed by atoms with Crippen molar-refractivity contribution >= 4 is 43.4 Å². The lowest BCUT2D eigenvalue weighted by Gasteiger charge is -2.07. The molecule has 1 N–H and O–H groups in total. The fourth-order valence-corrected chi connectivity index (χ4v) is 3.65. The Balaban J connectivity index is 0.000000149. The van der Waals surface area contributed by atoms with Crippen molar-refractivity contribution in [2.24, 2.45) is 0 Å². The number of para-hydroxylation sites is 2. The van der Waals surface area contributed by atoms with Crippen LogP contribution in [0.15, 0.2) is 103 Å². The number of aromatic nitrogens is 2. The van der Waals surface area contributed by atoms with E-state index < -0.39 is 0 Å². The standard InChI is InChI=1S/C18H12.C7H6N2/c1-3-7-15-13(5-1)9-11-18-16-8-4-2-6-14(16)10-12-17(15)18;1-2-4-7-6(3-1)8-5-9-7/h1-12H;1-5H,(H,8,9). The fraction of sp³-hybridized carbons (Fsp3) is 0. The molecule has 0 aliphatic carbocycles. The van der Waals surface area contributed by atoms with Crippen LogP contribution in [0.1, 0.15) is 0 Å². The highest BCUT2D eigenvalue weighted by Gasteiger charge is 2.03. The van der Waals surface area contributed by atoms with Crippen molar-refractivity contribution in [3.8, 4) is 0 Å². The van der Waals surface area contributed by atoms with Crippen LogP contribution >= 0.6 is 0 Å². The Morgan fingerprint density at radius 2 is 1.04 bits per heavy atom. The normalized spacial score (nSPS) is 11.0. The molecule has 0 unspecified atom stereocenters. The molecule has 1 heterocycles. The van der Waals surface area contributed by atoms with E-state index in [1.807, 2.05) is 24.3 Å². The minimum absolute atomic E-state index is 1.03. The summed E-state index contributed by atoms with van der Waals surface area (Å²) in [5.74, 6) is 0. The summed E-state index contributed by atoms with van der Waals surface area (Å²) in [7, 11) is 0. The maximum atomic E-state index is 4.06. The van der Waals surface area contributed by atoms with E-state index in [-0.39, 0.29) is 0 Å². The molecular weight excluding hydrogens is 328 g/mol. The summed E-state index contributed by atoms with van der Waals surface area (Å²) in [6.07, 6.45) is 1.70. The third kappa shape index (κ3) is 2.81. The first kappa shape index (κ1) is 15.6. The quantitative estimate of drug-likeness (QED) is 0.304. The summed E-state index contributed by atoms with van der Waals surface area (Å²) in [5.41, 5.74) is 2.12. The van der Waals surface area contributed by atoms with Gasteiger partial charge in [0.1, 0.15) is 0 Å². The second-order valence-corrected chi connectivity index (χ2v) is 6.59. The molecule has 1 aromatic heterocycles. The Kier molecular flexibility index (Phi) is 3.80. The lowest BCUT2D eigenvalue weighted by atomic mass is 9.97. The molecule has 0 aliphatic heterocycles. The predicted octanol–water partition coefficient (Wildman–Crippen LogP) is 6.71. The smallest absolute Gasteiger partial charge is 0.0931 e. The molecule has 0 amide bonds. The number of rotatable bonds is 0. The lowest BCUT2D eigenvalue weighted by Crippen LogP contribution is -1.79. The van der Waals surface area contributed by atoms with Crippen molar-refractivity contribution in [1.29, 1.82) is 0 Å². The maximum Gasteiger partial charge on any atom is 0.0931 e. The first-order valence-corrected chi connectivity index (χ1v) is 9.07. The second kappa shape index (κ2) is 6.58. The Labute approximate surface area is 157 Å². The van der Waals surface area contributed by atoms with Gasteiger partial charge in [-0.3, -0.25) is 0 Å². The predicted molar refractivity (Wildman–Crippen MR) is 115 cm³/mol. The SMILES string of the molecule is c1ccc2[nH]cnc2c1.c1ccc2c(c1)ccc1c3ccccc3ccc21. The number of aromatic amines is 1. The molecule has 0 atom stereocenters. The molecule has 0 radical (unpaired) electrons. The van der Waals surface area contributed by atoms with E-state index in [2.05, 4.69) is 82.8 Å². The number of H-pyrrole nitrogens is 1. The molecular formula is C25H18N2. The molecule has 0 saturated heterocycles. The first-order valence-electron chi connectivity index (χ1n) is 9.07. The largest absolute Gasteiger partial charge is 0.345 e. The van der Waals surface area contributed by atoms with E-state index in [1.54, 1.807) is 6.33 Å². The van der Waals surface area contributed by atoms with Crippen LogP contribution in [0.2, 0.25) is 0 Å². The first-order chi connectivity index (χ1) is 13.4. The number of fused-ring (bicyclic) bond motifs is 6. The molecule has 0 aliphatic rings. The van der Waals surface area contributed by atoms with E-state index in [0.29, 0.717) is 0 Å². The van der Waals surface area contributed by atoms with E-state index in [0.717, 1.165) is 11.0 Å². The van der Waals surface area contributed by atoms with E-state index >= 15 is 0 Å². The van der Waals surface area contributed by atoms with Crippen LogP contribution in [0.5, 0.6) is 0 Å². The lowest BCUT2D eigenvalue weighted by molar-refractivity contribution is 1.34. The molecule has 0 fully saturated rings. The van der Waals surface area contributed by atoms with Crippen LogP contribution in [-0.4, -0.2) is 9.97 Å². The van der Waals surface area contributed by atoms with Crippen LogP contribution in [0, 0.1) is 0 Å². The topological polar surface area (TPSA) is 28.7 Å². The van der Waals surface area contributed by atoms with Gasteiger partial charge in [-0.2, -0.15) is 0 Å². The van der Waals surface area contributed by atoms with Crippen molar-refractivity contribution in [2.45, 2.75) is 0 Å². The van der Waals surface area contributed by atoms with Crippen LogP contribution in [0.25, 0.3) is 43.4 Å². The van der Waals surface area contributed by atoms with Crippen molar-refractivity contribution in [3.05, 3.63) is 103 Å². The maximum absolute atomic E-state index is 4.06. The Bertz CT molecular complexity index is 1270. The van der Waals surface area contributed by atoms with Crippen molar-refractivity contribution in [2.75, 3.05) is 0 Å². The zero-order valence-electron chi connectivity index (χ0n) is 14.8. The fourth-order valence-electron chi connectivity index (χ4n) is 3.65. The van der Waals surface area contributed by atoms with Crippen molar-refractivity contribution in [3.63, 3.8) is 0 Å². The van der Waals surface area contributed by atoms with Gasteiger partial charge in [0.2, 0.25) is 0 Å². The van der Waals surface area contributed by atoms with Gasteiger partial charge in [-0.05, 0) is 44.5 Å². The molecule has 0 spiro atoms. The van der Waals surface area contributed by atoms with Gasteiger partial charge in [-0.25, -0.2) is 4.98 Å². The summed E-state index contributed by atoms with van der Waals surface area (Å²) in [6.45, 7) is 0. The molecule has 0 saturated carbocycles. The minimum atomic E-state index is 1.03. The summed E-state index contributed by atoms with van der Waals surface area (Å²) in [4.78, 5) is 7.07. The van der Waals surface area contributed by atoms with E-state index in [1.165, 1.54) is 32.3 Å².